The highest BCUT2D eigenvalue weighted by molar-refractivity contribution is 7.07. The molecule has 4 heteroatoms. The summed E-state index contributed by atoms with van der Waals surface area (Å²) in [7, 11) is 0. The summed E-state index contributed by atoms with van der Waals surface area (Å²) in [6, 6.07) is 25.1. The summed E-state index contributed by atoms with van der Waals surface area (Å²) < 4.78 is 15.5. The Kier molecular flexibility index (Phi) is 4.99. The van der Waals surface area contributed by atoms with E-state index in [-0.39, 0.29) is 5.82 Å². The molecule has 0 radical (unpaired) electrons. The second-order valence-corrected chi connectivity index (χ2v) is 7.27. The van der Waals surface area contributed by atoms with Crippen LogP contribution in [0.25, 0.3) is 11.3 Å². The molecule has 0 saturated carbocycles. The molecule has 0 fully saturated rings. The van der Waals surface area contributed by atoms with E-state index in [2.05, 4.69) is 41.1 Å². The van der Waals surface area contributed by atoms with Crippen LogP contribution < -0.4 is 4.80 Å². The largest absolute Gasteiger partial charge is 0.312 e. The van der Waals surface area contributed by atoms with E-state index in [0.717, 1.165) is 21.7 Å². The van der Waals surface area contributed by atoms with Crippen molar-refractivity contribution < 1.29 is 4.39 Å². The maximum atomic E-state index is 13.4. The van der Waals surface area contributed by atoms with Crippen LogP contribution in [-0.4, -0.2) is 4.57 Å². The molecule has 0 aliphatic carbocycles. The number of rotatable bonds is 4. The second kappa shape index (κ2) is 7.72. The van der Waals surface area contributed by atoms with Crippen LogP contribution in [0.15, 0.2) is 89.2 Å². The van der Waals surface area contributed by atoms with Gasteiger partial charge in [0.25, 0.3) is 0 Å². The van der Waals surface area contributed by atoms with Crippen molar-refractivity contribution in [3.05, 3.63) is 106 Å². The number of halogens is 1. The lowest BCUT2D eigenvalue weighted by Gasteiger charge is -2.09. The van der Waals surface area contributed by atoms with E-state index in [0.29, 0.717) is 6.54 Å². The molecule has 1 aromatic heterocycles. The van der Waals surface area contributed by atoms with Crippen molar-refractivity contribution in [1.82, 2.24) is 4.57 Å². The number of thiazole rings is 1. The van der Waals surface area contributed by atoms with Crippen molar-refractivity contribution in [3.8, 4) is 11.3 Å². The third kappa shape index (κ3) is 4.07. The molecular weight excluding hydrogens is 355 g/mol. The Morgan fingerprint density at radius 1 is 0.889 bits per heavy atom. The number of hydrogen-bond donors (Lipinski definition) is 0. The summed E-state index contributed by atoms with van der Waals surface area (Å²) in [5, 5.41) is 2.09. The molecule has 0 N–H and O–H groups in total. The zero-order valence-electron chi connectivity index (χ0n) is 15.0. The van der Waals surface area contributed by atoms with Gasteiger partial charge in [-0.05, 0) is 54.4 Å². The van der Waals surface area contributed by atoms with Gasteiger partial charge in [0.05, 0.1) is 17.9 Å². The molecule has 27 heavy (non-hydrogen) atoms. The summed E-state index contributed by atoms with van der Waals surface area (Å²) in [6.07, 6.45) is 0. The van der Waals surface area contributed by atoms with E-state index in [9.17, 15) is 4.39 Å². The van der Waals surface area contributed by atoms with Crippen LogP contribution in [0.2, 0.25) is 0 Å². The standard InChI is InChI=1S/C23H19FN2S/c1-17-7-13-21(14-8-17)25-23-26(15-18-5-3-2-4-6-18)22(16-27-23)19-9-11-20(24)12-10-19/h2-14,16H,15H2,1H3. The summed E-state index contributed by atoms with van der Waals surface area (Å²) in [4.78, 5) is 5.77. The highest BCUT2D eigenvalue weighted by Gasteiger charge is 2.09. The zero-order valence-corrected chi connectivity index (χ0v) is 15.8. The minimum Gasteiger partial charge on any atom is -0.312 e. The highest BCUT2D eigenvalue weighted by Crippen LogP contribution is 2.22. The quantitative estimate of drug-likeness (QED) is 0.420. The van der Waals surface area contributed by atoms with Crippen molar-refractivity contribution in [3.63, 3.8) is 0 Å². The van der Waals surface area contributed by atoms with Gasteiger partial charge >= 0.3 is 0 Å². The van der Waals surface area contributed by atoms with Crippen molar-refractivity contribution in [2.75, 3.05) is 0 Å². The Hall–Kier alpha value is -2.98. The average Bonchev–Trinajstić information content (AvgIpc) is 3.07. The number of benzene rings is 3. The monoisotopic (exact) mass is 374 g/mol. The molecule has 2 nitrogen and oxygen atoms in total. The highest BCUT2D eigenvalue weighted by atomic mass is 32.1. The van der Waals surface area contributed by atoms with Gasteiger partial charge in [0.2, 0.25) is 0 Å². The maximum absolute atomic E-state index is 13.4. The fraction of sp³-hybridized carbons (Fsp3) is 0.0870. The first kappa shape index (κ1) is 17.4. The molecule has 3 aromatic carbocycles. The van der Waals surface area contributed by atoms with Gasteiger partial charge in [0.1, 0.15) is 5.82 Å². The van der Waals surface area contributed by atoms with Gasteiger partial charge in [-0.2, -0.15) is 0 Å². The molecule has 0 saturated heterocycles. The number of aromatic nitrogens is 1. The molecule has 0 bridgehead atoms. The van der Waals surface area contributed by atoms with E-state index in [4.69, 9.17) is 4.99 Å². The van der Waals surface area contributed by atoms with Gasteiger partial charge in [-0.1, -0.05) is 48.0 Å². The van der Waals surface area contributed by atoms with Crippen LogP contribution in [0, 0.1) is 12.7 Å². The molecule has 134 valence electrons. The van der Waals surface area contributed by atoms with Crippen molar-refractivity contribution in [2.24, 2.45) is 4.99 Å². The predicted molar refractivity (Wildman–Crippen MR) is 110 cm³/mol. The van der Waals surface area contributed by atoms with Gasteiger partial charge < -0.3 is 4.57 Å². The smallest absolute Gasteiger partial charge is 0.190 e. The molecule has 0 unspecified atom stereocenters. The number of aryl methyl sites for hydroxylation is 1. The van der Waals surface area contributed by atoms with Gasteiger partial charge in [0.15, 0.2) is 4.80 Å². The molecule has 1 heterocycles. The lowest BCUT2D eigenvalue weighted by Crippen LogP contribution is -2.16. The van der Waals surface area contributed by atoms with Crippen LogP contribution in [0.3, 0.4) is 0 Å². The third-order valence-corrected chi connectivity index (χ3v) is 5.24. The Balaban J connectivity index is 1.83. The van der Waals surface area contributed by atoms with Gasteiger partial charge in [-0.15, -0.1) is 11.3 Å². The third-order valence-electron chi connectivity index (χ3n) is 4.38. The lowest BCUT2D eigenvalue weighted by atomic mass is 10.1. The van der Waals surface area contributed by atoms with Crippen molar-refractivity contribution in [2.45, 2.75) is 13.5 Å². The normalized spacial score (nSPS) is 11.7. The molecule has 4 rings (SSSR count). The van der Waals surface area contributed by atoms with Gasteiger partial charge in [-0.3, -0.25) is 0 Å². The van der Waals surface area contributed by atoms with E-state index in [1.165, 1.54) is 23.3 Å². The molecule has 4 aromatic rings. The average molecular weight is 374 g/mol. The Labute approximate surface area is 161 Å². The SMILES string of the molecule is Cc1ccc(N=c2scc(-c3ccc(F)cc3)n2Cc2ccccc2)cc1. The Morgan fingerprint density at radius 3 is 2.30 bits per heavy atom. The van der Waals surface area contributed by atoms with Crippen LogP contribution in [0.4, 0.5) is 10.1 Å². The summed E-state index contributed by atoms with van der Waals surface area (Å²) >= 11 is 1.60. The van der Waals surface area contributed by atoms with E-state index < -0.39 is 0 Å². The fourth-order valence-corrected chi connectivity index (χ4v) is 3.85. The lowest BCUT2D eigenvalue weighted by molar-refractivity contribution is 0.628. The molecule has 0 spiro atoms. The first-order valence-corrected chi connectivity index (χ1v) is 9.66. The van der Waals surface area contributed by atoms with Crippen molar-refractivity contribution in [1.29, 1.82) is 0 Å². The van der Waals surface area contributed by atoms with Crippen molar-refractivity contribution >= 4 is 17.0 Å². The number of hydrogen-bond acceptors (Lipinski definition) is 2. The predicted octanol–water partition coefficient (Wildman–Crippen LogP) is 5.94. The molecule has 0 aliphatic heterocycles. The summed E-state index contributed by atoms with van der Waals surface area (Å²) in [6.45, 7) is 2.78. The first-order chi connectivity index (χ1) is 13.2. The van der Waals surface area contributed by atoms with Crippen LogP contribution >= 0.6 is 11.3 Å². The van der Waals surface area contributed by atoms with E-state index in [1.807, 2.05) is 42.5 Å². The molecule has 0 aliphatic rings. The van der Waals surface area contributed by atoms with Crippen LogP contribution in [-0.2, 0) is 6.54 Å². The zero-order chi connectivity index (χ0) is 18.6. The minimum absolute atomic E-state index is 0.229. The summed E-state index contributed by atoms with van der Waals surface area (Å²) in [5.41, 5.74) is 5.35. The topological polar surface area (TPSA) is 17.3 Å². The van der Waals surface area contributed by atoms with Crippen LogP contribution in [0.1, 0.15) is 11.1 Å². The fourth-order valence-electron chi connectivity index (χ4n) is 2.92. The van der Waals surface area contributed by atoms with Crippen LogP contribution in [0.5, 0.6) is 0 Å². The number of nitrogens with zero attached hydrogens (tertiary/aromatic N) is 2. The maximum Gasteiger partial charge on any atom is 0.190 e. The molecule has 0 atom stereocenters. The van der Waals surface area contributed by atoms with Gasteiger partial charge in [-0.25, -0.2) is 9.38 Å². The van der Waals surface area contributed by atoms with E-state index >= 15 is 0 Å². The Morgan fingerprint density at radius 2 is 1.59 bits per heavy atom. The Bertz CT molecular complexity index is 1090. The molecule has 0 amide bonds. The second-order valence-electron chi connectivity index (χ2n) is 6.43. The summed E-state index contributed by atoms with van der Waals surface area (Å²) in [5.74, 6) is -0.229. The first-order valence-electron chi connectivity index (χ1n) is 8.79. The van der Waals surface area contributed by atoms with Gasteiger partial charge in [0, 0.05) is 5.38 Å². The molecular formula is C23H19FN2S. The minimum atomic E-state index is -0.229. The van der Waals surface area contributed by atoms with E-state index in [1.54, 1.807) is 11.3 Å².